The van der Waals surface area contributed by atoms with Gasteiger partial charge in [0, 0.05) is 6.20 Å². The number of carbonyl (C=O) groups is 1. The number of thioether (sulfide) groups is 1. The van der Waals surface area contributed by atoms with E-state index in [4.69, 9.17) is 10.8 Å². The van der Waals surface area contributed by atoms with Gasteiger partial charge in [0.1, 0.15) is 12.0 Å². The van der Waals surface area contributed by atoms with E-state index in [0.29, 0.717) is 0 Å². The van der Waals surface area contributed by atoms with Crippen LogP contribution in [-0.2, 0) is 4.79 Å². The second-order valence-corrected chi connectivity index (χ2v) is 4.55. The highest BCUT2D eigenvalue weighted by molar-refractivity contribution is 9.14. The van der Waals surface area contributed by atoms with Crippen molar-refractivity contribution in [3.05, 3.63) is 10.0 Å². The van der Waals surface area contributed by atoms with Crippen LogP contribution in [0.15, 0.2) is 10.0 Å². The number of hydrogen-bond donors (Lipinski definition) is 2. The van der Waals surface area contributed by atoms with Crippen molar-refractivity contribution in [3.8, 4) is 0 Å². The molecule has 0 saturated heterocycles. The van der Waals surface area contributed by atoms with Crippen LogP contribution in [0.3, 0.4) is 0 Å². The molecule has 6 heteroatoms. The Hall–Kier alpha value is -0.200. The minimum atomic E-state index is -0.875. The third-order valence-corrected chi connectivity index (χ3v) is 2.75. The van der Waals surface area contributed by atoms with E-state index in [9.17, 15) is 4.79 Å². The Morgan fingerprint density at radius 2 is 2.64 bits per heavy atom. The number of nitrogens with two attached hydrogens (primary N) is 1. The Bertz CT molecular complexity index is 209. The quantitative estimate of drug-likeness (QED) is 0.736. The molecule has 1 aliphatic rings. The van der Waals surface area contributed by atoms with Crippen LogP contribution in [0.25, 0.3) is 0 Å². The van der Waals surface area contributed by atoms with Crippen LogP contribution in [0.5, 0.6) is 0 Å². The summed E-state index contributed by atoms with van der Waals surface area (Å²) >= 11 is 4.61. The molecule has 0 radical (unpaired) electrons. The van der Waals surface area contributed by atoms with Crippen molar-refractivity contribution in [3.63, 3.8) is 0 Å². The van der Waals surface area contributed by atoms with Crippen LogP contribution in [0.2, 0.25) is 0 Å². The normalized spacial score (nSPS) is 23.6. The molecular weight excluding hydrogens is 232 g/mol. The summed E-state index contributed by atoms with van der Waals surface area (Å²) < 4.78 is 0.867. The number of hydrogen-bond acceptors (Lipinski definition) is 4. The fraction of sp³-hybridized carbons (Fsp3) is 0.400. The van der Waals surface area contributed by atoms with E-state index in [1.54, 1.807) is 11.1 Å². The van der Waals surface area contributed by atoms with E-state index in [2.05, 4.69) is 15.9 Å². The lowest BCUT2D eigenvalue weighted by molar-refractivity contribution is -0.137. The molecule has 0 fully saturated rings. The fourth-order valence-electron chi connectivity index (χ4n) is 0.709. The molecule has 1 unspecified atom stereocenters. The lowest BCUT2D eigenvalue weighted by Gasteiger charge is -2.17. The van der Waals surface area contributed by atoms with Gasteiger partial charge in [-0.25, -0.2) is 0 Å². The van der Waals surface area contributed by atoms with Crippen molar-refractivity contribution in [2.24, 2.45) is 5.73 Å². The Labute approximate surface area is 76.5 Å². The highest BCUT2D eigenvalue weighted by atomic mass is 79.9. The first-order valence-electron chi connectivity index (χ1n) is 2.86. The van der Waals surface area contributed by atoms with Crippen LogP contribution in [0.1, 0.15) is 0 Å². The zero-order valence-electron chi connectivity index (χ0n) is 5.53. The summed E-state index contributed by atoms with van der Waals surface area (Å²) in [4.78, 5) is 11.8. The van der Waals surface area contributed by atoms with Crippen molar-refractivity contribution >= 4 is 33.7 Å². The van der Waals surface area contributed by atoms with E-state index in [1.165, 1.54) is 11.8 Å². The first-order chi connectivity index (χ1) is 5.09. The molecule has 4 nitrogen and oxygen atoms in total. The summed E-state index contributed by atoms with van der Waals surface area (Å²) in [7, 11) is 0. The van der Waals surface area contributed by atoms with Crippen molar-refractivity contribution in [1.82, 2.24) is 4.90 Å². The van der Waals surface area contributed by atoms with Crippen LogP contribution in [0, 0.1) is 0 Å². The number of rotatable bonds is 2. The first-order valence-corrected chi connectivity index (χ1v) is 4.54. The monoisotopic (exact) mass is 238 g/mol. The van der Waals surface area contributed by atoms with Gasteiger partial charge in [0.2, 0.25) is 0 Å². The molecule has 0 saturated carbocycles. The molecule has 1 rings (SSSR count). The van der Waals surface area contributed by atoms with E-state index in [0.717, 1.165) is 3.81 Å². The number of halogens is 1. The summed E-state index contributed by atoms with van der Waals surface area (Å²) in [6, 6.07) is 0. The van der Waals surface area contributed by atoms with Gasteiger partial charge in [-0.05, 0) is 15.9 Å². The second-order valence-electron chi connectivity index (χ2n) is 2.01. The molecule has 0 aliphatic carbocycles. The maximum Gasteiger partial charge on any atom is 0.323 e. The molecule has 0 bridgehead atoms. The highest BCUT2D eigenvalue weighted by Gasteiger charge is 2.21. The van der Waals surface area contributed by atoms with E-state index in [-0.39, 0.29) is 12.0 Å². The predicted octanol–water partition coefficient (Wildman–Crippen LogP) is 0.556. The average molecular weight is 239 g/mol. The Balaban J connectivity index is 2.52. The molecule has 0 amide bonds. The SMILES string of the molecule is NC1SC(Br)=CN1CC(=O)O. The lowest BCUT2D eigenvalue weighted by atomic mass is 10.6. The number of carboxylic acids is 1. The molecule has 11 heavy (non-hydrogen) atoms. The van der Waals surface area contributed by atoms with Gasteiger partial charge < -0.3 is 15.7 Å². The summed E-state index contributed by atoms with van der Waals surface area (Å²) in [5.41, 5.74) is 5.28. The van der Waals surface area contributed by atoms with E-state index in [1.807, 2.05) is 0 Å². The van der Waals surface area contributed by atoms with E-state index < -0.39 is 5.97 Å². The molecule has 1 heterocycles. The van der Waals surface area contributed by atoms with Gasteiger partial charge in [-0.3, -0.25) is 4.79 Å². The number of carboxylic acid groups (broad SMARTS) is 1. The predicted molar refractivity (Wildman–Crippen MR) is 46.9 cm³/mol. The maximum atomic E-state index is 10.3. The topological polar surface area (TPSA) is 66.6 Å². The average Bonchev–Trinajstić information content (AvgIpc) is 2.09. The second kappa shape index (κ2) is 3.46. The zero-order valence-corrected chi connectivity index (χ0v) is 7.93. The molecular formula is C5H7BrN2O2S. The summed E-state index contributed by atoms with van der Waals surface area (Å²) in [6.07, 6.45) is 1.68. The minimum absolute atomic E-state index is 0.0523. The van der Waals surface area contributed by atoms with Gasteiger partial charge in [0.15, 0.2) is 0 Å². The number of nitrogens with zero attached hydrogens (tertiary/aromatic N) is 1. The van der Waals surface area contributed by atoms with Crippen molar-refractivity contribution in [1.29, 1.82) is 0 Å². The molecule has 3 N–H and O–H groups in total. The van der Waals surface area contributed by atoms with Crippen molar-refractivity contribution in [2.45, 2.75) is 5.50 Å². The summed E-state index contributed by atoms with van der Waals surface area (Å²) in [5.74, 6) is -0.875. The van der Waals surface area contributed by atoms with Gasteiger partial charge in [-0.2, -0.15) is 0 Å². The largest absolute Gasteiger partial charge is 0.480 e. The van der Waals surface area contributed by atoms with Crippen molar-refractivity contribution in [2.75, 3.05) is 6.54 Å². The first kappa shape index (κ1) is 8.89. The van der Waals surface area contributed by atoms with Crippen LogP contribution in [-0.4, -0.2) is 28.0 Å². The standard InChI is InChI=1S/C5H7BrN2O2S/c6-3-1-8(2-4(9)10)5(7)11-3/h1,5H,2,7H2,(H,9,10). The molecule has 0 aromatic carbocycles. The highest BCUT2D eigenvalue weighted by Crippen LogP contribution is 2.33. The Kier molecular flexibility index (Phi) is 2.80. The summed E-state index contributed by atoms with van der Waals surface area (Å²) in [5, 5.41) is 8.43. The van der Waals surface area contributed by atoms with Gasteiger partial charge in [0.25, 0.3) is 0 Å². The number of aliphatic carboxylic acids is 1. The van der Waals surface area contributed by atoms with Crippen LogP contribution >= 0.6 is 27.7 Å². The lowest BCUT2D eigenvalue weighted by Crippen LogP contribution is -2.35. The zero-order chi connectivity index (χ0) is 8.43. The molecule has 1 aliphatic heterocycles. The molecule has 0 aromatic heterocycles. The molecule has 0 spiro atoms. The van der Waals surface area contributed by atoms with Gasteiger partial charge in [-0.15, -0.1) is 0 Å². The van der Waals surface area contributed by atoms with Crippen LogP contribution < -0.4 is 5.73 Å². The smallest absolute Gasteiger partial charge is 0.323 e. The van der Waals surface area contributed by atoms with Gasteiger partial charge in [0.05, 0.1) is 3.81 Å². The third kappa shape index (κ3) is 2.39. The molecule has 62 valence electrons. The van der Waals surface area contributed by atoms with Crippen molar-refractivity contribution < 1.29 is 9.90 Å². The molecule has 0 aromatic rings. The van der Waals surface area contributed by atoms with Crippen LogP contribution in [0.4, 0.5) is 0 Å². The van der Waals surface area contributed by atoms with E-state index >= 15 is 0 Å². The Morgan fingerprint density at radius 3 is 3.00 bits per heavy atom. The maximum absolute atomic E-state index is 10.3. The molecule has 1 atom stereocenters. The summed E-state index contributed by atoms with van der Waals surface area (Å²) in [6.45, 7) is -0.0523. The van der Waals surface area contributed by atoms with Gasteiger partial charge >= 0.3 is 5.97 Å². The third-order valence-electron chi connectivity index (χ3n) is 1.15. The fourth-order valence-corrected chi connectivity index (χ4v) is 2.24. The van der Waals surface area contributed by atoms with Gasteiger partial charge in [-0.1, -0.05) is 11.8 Å². The minimum Gasteiger partial charge on any atom is -0.480 e. The Morgan fingerprint density at radius 1 is 2.00 bits per heavy atom.